The number of aromatic nitrogens is 4. The molecule has 9 nitrogen and oxygen atoms in total. The molecule has 2 aromatic carbocycles. The fraction of sp³-hybridized carbons (Fsp3) is 0.136. The molecule has 0 aliphatic rings. The number of nitrogen functional groups attached to an aromatic ring is 1. The SMILES string of the molecule is Cn1c(=O)c(C(=O)CSc2nnc(Nc3ccc(F)cc3)s2)c(N)n(Cc2ccccc2)c1=O. The topological polar surface area (TPSA) is 125 Å². The van der Waals surface area contributed by atoms with Gasteiger partial charge >= 0.3 is 5.69 Å². The number of nitrogens with one attached hydrogen (secondary N) is 1. The number of nitrogens with zero attached hydrogens (tertiary/aromatic N) is 4. The Labute approximate surface area is 201 Å². The highest BCUT2D eigenvalue weighted by atomic mass is 32.2. The van der Waals surface area contributed by atoms with E-state index in [0.29, 0.717) is 15.2 Å². The molecule has 0 atom stereocenters. The summed E-state index contributed by atoms with van der Waals surface area (Å²) in [5.74, 6) is -1.15. The lowest BCUT2D eigenvalue weighted by Crippen LogP contribution is -2.43. The molecule has 4 aromatic rings. The Morgan fingerprint density at radius 1 is 1.12 bits per heavy atom. The summed E-state index contributed by atoms with van der Waals surface area (Å²) in [6.45, 7) is 0.127. The van der Waals surface area contributed by atoms with Gasteiger partial charge in [0, 0.05) is 12.7 Å². The van der Waals surface area contributed by atoms with Crippen molar-refractivity contribution in [2.24, 2.45) is 7.05 Å². The summed E-state index contributed by atoms with van der Waals surface area (Å²) in [6.07, 6.45) is 0. The minimum atomic E-state index is -0.742. The van der Waals surface area contributed by atoms with Gasteiger partial charge in [0.1, 0.15) is 17.2 Å². The van der Waals surface area contributed by atoms with Crippen molar-refractivity contribution in [3.05, 3.63) is 92.4 Å². The van der Waals surface area contributed by atoms with Crippen LogP contribution in [0.3, 0.4) is 0 Å². The molecule has 12 heteroatoms. The van der Waals surface area contributed by atoms with E-state index in [9.17, 15) is 18.8 Å². The molecule has 0 unspecified atom stereocenters. The first-order valence-corrected chi connectivity index (χ1v) is 11.8. The summed E-state index contributed by atoms with van der Waals surface area (Å²) in [5, 5.41) is 11.5. The number of anilines is 3. The summed E-state index contributed by atoms with van der Waals surface area (Å²) in [5.41, 5.74) is 5.99. The molecule has 2 aromatic heterocycles. The zero-order chi connectivity index (χ0) is 24.2. The first kappa shape index (κ1) is 23.4. The summed E-state index contributed by atoms with van der Waals surface area (Å²) in [7, 11) is 1.31. The van der Waals surface area contributed by atoms with Gasteiger partial charge in [-0.3, -0.25) is 18.7 Å². The van der Waals surface area contributed by atoms with Crippen LogP contribution < -0.4 is 22.3 Å². The summed E-state index contributed by atoms with van der Waals surface area (Å²) in [6, 6.07) is 14.9. The van der Waals surface area contributed by atoms with Crippen molar-refractivity contribution in [2.45, 2.75) is 10.9 Å². The molecule has 0 bridgehead atoms. The molecule has 0 spiro atoms. The number of rotatable bonds is 8. The van der Waals surface area contributed by atoms with Crippen LogP contribution in [0.25, 0.3) is 0 Å². The van der Waals surface area contributed by atoms with Crippen molar-refractivity contribution in [3.8, 4) is 0 Å². The lowest BCUT2D eigenvalue weighted by Gasteiger charge is -2.14. The molecular formula is C22H19FN6O3S2. The predicted octanol–water partition coefficient (Wildman–Crippen LogP) is 2.89. The molecular weight excluding hydrogens is 479 g/mol. The van der Waals surface area contributed by atoms with Gasteiger partial charge in [0.15, 0.2) is 10.1 Å². The van der Waals surface area contributed by atoms with Crippen LogP contribution in [0.1, 0.15) is 15.9 Å². The maximum atomic E-state index is 13.0. The average Bonchev–Trinajstić information content (AvgIpc) is 3.29. The summed E-state index contributed by atoms with van der Waals surface area (Å²) < 4.78 is 15.6. The van der Waals surface area contributed by atoms with Gasteiger partial charge in [-0.05, 0) is 29.8 Å². The number of thioether (sulfide) groups is 1. The first-order valence-electron chi connectivity index (χ1n) is 9.99. The number of ketones is 1. The molecule has 0 amide bonds. The van der Waals surface area contributed by atoms with Crippen LogP contribution in [0.5, 0.6) is 0 Å². The number of carbonyl (C=O) groups is 1. The van der Waals surface area contributed by atoms with E-state index >= 15 is 0 Å². The molecule has 34 heavy (non-hydrogen) atoms. The van der Waals surface area contributed by atoms with Gasteiger partial charge < -0.3 is 11.1 Å². The molecule has 0 fully saturated rings. The number of Topliss-reactive ketones (excluding diaryl/α,β-unsaturated/α-hetero) is 1. The van der Waals surface area contributed by atoms with Gasteiger partial charge in [-0.2, -0.15) is 0 Å². The van der Waals surface area contributed by atoms with Gasteiger partial charge in [0.05, 0.1) is 12.3 Å². The van der Waals surface area contributed by atoms with Gasteiger partial charge in [-0.15, -0.1) is 10.2 Å². The Morgan fingerprint density at radius 2 is 1.82 bits per heavy atom. The van der Waals surface area contributed by atoms with E-state index in [0.717, 1.165) is 21.9 Å². The number of benzene rings is 2. The van der Waals surface area contributed by atoms with Crippen molar-refractivity contribution < 1.29 is 9.18 Å². The monoisotopic (exact) mass is 498 g/mol. The average molecular weight is 499 g/mol. The highest BCUT2D eigenvalue weighted by Gasteiger charge is 2.22. The number of hydrogen-bond donors (Lipinski definition) is 2. The van der Waals surface area contributed by atoms with E-state index in [1.54, 1.807) is 12.1 Å². The molecule has 0 saturated heterocycles. The third-order valence-electron chi connectivity index (χ3n) is 4.87. The van der Waals surface area contributed by atoms with Crippen LogP contribution in [0.4, 0.5) is 21.0 Å². The number of halogens is 1. The Morgan fingerprint density at radius 3 is 2.53 bits per heavy atom. The van der Waals surface area contributed by atoms with Gasteiger partial charge in [-0.25, -0.2) is 9.18 Å². The van der Waals surface area contributed by atoms with Crippen LogP contribution in [-0.4, -0.2) is 30.9 Å². The minimum Gasteiger partial charge on any atom is -0.384 e. The van der Waals surface area contributed by atoms with Crippen LogP contribution in [0.2, 0.25) is 0 Å². The van der Waals surface area contributed by atoms with E-state index < -0.39 is 17.0 Å². The second-order valence-electron chi connectivity index (χ2n) is 7.20. The quantitative estimate of drug-likeness (QED) is 0.281. The van der Waals surface area contributed by atoms with Gasteiger partial charge in [0.25, 0.3) is 5.56 Å². The largest absolute Gasteiger partial charge is 0.384 e. The van der Waals surface area contributed by atoms with Crippen LogP contribution in [0, 0.1) is 5.82 Å². The fourth-order valence-electron chi connectivity index (χ4n) is 3.14. The lowest BCUT2D eigenvalue weighted by molar-refractivity contribution is 0.102. The maximum Gasteiger partial charge on any atom is 0.332 e. The van der Waals surface area contributed by atoms with Crippen molar-refractivity contribution in [2.75, 3.05) is 16.8 Å². The molecule has 174 valence electrons. The van der Waals surface area contributed by atoms with E-state index in [1.807, 2.05) is 30.3 Å². The Bertz CT molecular complexity index is 1450. The predicted molar refractivity (Wildman–Crippen MR) is 131 cm³/mol. The molecule has 0 aliphatic carbocycles. The number of carbonyl (C=O) groups excluding carboxylic acids is 1. The highest BCUT2D eigenvalue weighted by Crippen LogP contribution is 2.28. The smallest absolute Gasteiger partial charge is 0.332 e. The third kappa shape index (κ3) is 5.07. The van der Waals surface area contributed by atoms with Crippen molar-refractivity contribution in [1.29, 1.82) is 0 Å². The third-order valence-corrected chi connectivity index (χ3v) is 6.85. The Balaban J connectivity index is 1.51. The molecule has 0 aliphatic heterocycles. The Kier molecular flexibility index (Phi) is 6.89. The minimum absolute atomic E-state index is 0.117. The highest BCUT2D eigenvalue weighted by molar-refractivity contribution is 8.01. The van der Waals surface area contributed by atoms with Crippen LogP contribution in [0.15, 0.2) is 68.5 Å². The van der Waals surface area contributed by atoms with Crippen molar-refractivity contribution in [3.63, 3.8) is 0 Å². The molecule has 0 radical (unpaired) electrons. The van der Waals surface area contributed by atoms with Gasteiger partial charge in [-0.1, -0.05) is 53.4 Å². The lowest BCUT2D eigenvalue weighted by atomic mass is 10.2. The normalized spacial score (nSPS) is 10.9. The second kappa shape index (κ2) is 10.0. The van der Waals surface area contributed by atoms with E-state index in [4.69, 9.17) is 5.73 Å². The zero-order valence-electron chi connectivity index (χ0n) is 17.9. The molecule has 0 saturated carbocycles. The number of hydrogen-bond acceptors (Lipinski definition) is 9. The first-order chi connectivity index (χ1) is 16.3. The van der Waals surface area contributed by atoms with Crippen molar-refractivity contribution in [1.82, 2.24) is 19.3 Å². The fourth-order valence-corrected chi connectivity index (χ4v) is 4.78. The maximum absolute atomic E-state index is 13.0. The Hall–Kier alpha value is -3.77. The number of nitrogens with two attached hydrogens (primary N) is 1. The van der Waals surface area contributed by atoms with E-state index in [-0.39, 0.29) is 29.5 Å². The van der Waals surface area contributed by atoms with Crippen LogP contribution >= 0.6 is 23.1 Å². The standard InChI is InChI=1S/C22H19FN6O3S2/c1-28-19(31)17(18(24)29(22(28)32)11-13-5-3-2-4-6-13)16(30)12-33-21-27-26-20(34-21)25-15-9-7-14(23)8-10-15/h2-10H,11-12,24H2,1H3,(H,25,26). The zero-order valence-corrected chi connectivity index (χ0v) is 19.5. The van der Waals surface area contributed by atoms with Gasteiger partial charge in [0.2, 0.25) is 5.13 Å². The van der Waals surface area contributed by atoms with Crippen molar-refractivity contribution >= 4 is 45.5 Å². The van der Waals surface area contributed by atoms with E-state index in [1.165, 1.54) is 35.1 Å². The van der Waals surface area contributed by atoms with E-state index in [2.05, 4.69) is 15.5 Å². The van der Waals surface area contributed by atoms with Crippen LogP contribution in [-0.2, 0) is 13.6 Å². The molecule has 2 heterocycles. The summed E-state index contributed by atoms with van der Waals surface area (Å²) in [4.78, 5) is 38.2. The second-order valence-corrected chi connectivity index (χ2v) is 9.40. The summed E-state index contributed by atoms with van der Waals surface area (Å²) >= 11 is 2.30. The molecule has 3 N–H and O–H groups in total. The molecule has 4 rings (SSSR count).